The molecule has 0 atom stereocenters. The van der Waals surface area contributed by atoms with E-state index in [-0.39, 0.29) is 11.7 Å². The summed E-state index contributed by atoms with van der Waals surface area (Å²) in [6.07, 6.45) is 10.8. The summed E-state index contributed by atoms with van der Waals surface area (Å²) in [7, 11) is 0. The summed E-state index contributed by atoms with van der Waals surface area (Å²) in [6, 6.07) is 3.18. The van der Waals surface area contributed by atoms with E-state index < -0.39 is 0 Å². The molecule has 1 amide bonds. The van der Waals surface area contributed by atoms with Gasteiger partial charge in [-0.05, 0) is 74.9 Å². The molecule has 0 radical (unpaired) electrons. The van der Waals surface area contributed by atoms with Gasteiger partial charge in [-0.3, -0.25) is 9.69 Å². The Kier molecular flexibility index (Phi) is 4.96. The van der Waals surface area contributed by atoms with Crippen LogP contribution in [0.25, 0.3) is 0 Å². The summed E-state index contributed by atoms with van der Waals surface area (Å²) in [6.45, 7) is 2.04. The van der Waals surface area contributed by atoms with Crippen molar-refractivity contribution in [3.05, 3.63) is 74.4 Å². The first-order valence-electron chi connectivity index (χ1n) is 7.40. The van der Waals surface area contributed by atoms with Gasteiger partial charge in [0.05, 0.1) is 15.1 Å². The van der Waals surface area contributed by atoms with Gasteiger partial charge in [0.25, 0.3) is 5.91 Å². The van der Waals surface area contributed by atoms with Crippen molar-refractivity contribution in [3.63, 3.8) is 0 Å². The number of carbonyl (C=O) groups is 1. The molecular formula is C18H15Br2NO3. The fourth-order valence-corrected chi connectivity index (χ4v) is 3.77. The maximum atomic E-state index is 12.7. The molecule has 0 fully saturated rings. The van der Waals surface area contributed by atoms with E-state index in [0.29, 0.717) is 20.3 Å². The van der Waals surface area contributed by atoms with Crippen molar-refractivity contribution < 1.29 is 14.6 Å². The third-order valence-corrected chi connectivity index (χ3v) is 5.08. The highest BCUT2D eigenvalue weighted by atomic mass is 79.9. The first-order chi connectivity index (χ1) is 11.5. The Balaban J connectivity index is 1.92. The molecule has 1 aromatic rings. The van der Waals surface area contributed by atoms with Crippen molar-refractivity contribution in [2.45, 2.75) is 19.8 Å². The molecule has 3 rings (SSSR count). The van der Waals surface area contributed by atoms with Gasteiger partial charge in [0.15, 0.2) is 0 Å². The second-order valence-electron chi connectivity index (χ2n) is 5.50. The largest absolute Gasteiger partial charge is 0.506 e. The van der Waals surface area contributed by atoms with Gasteiger partial charge < -0.3 is 9.84 Å². The number of hydrogen-bond donors (Lipinski definition) is 1. The molecule has 4 nitrogen and oxygen atoms in total. The SMILES string of the molecule is CC1=C(C2=CN(C(=O)c3cc(Br)c(O)c(Br)c3)C=CO2)CCC=C1. The molecule has 6 heteroatoms. The third-order valence-electron chi connectivity index (χ3n) is 3.87. The van der Waals surface area contributed by atoms with E-state index in [9.17, 15) is 9.90 Å². The van der Waals surface area contributed by atoms with Crippen LogP contribution in [0.15, 0.2) is 68.8 Å². The highest BCUT2D eigenvalue weighted by molar-refractivity contribution is 9.11. The lowest BCUT2D eigenvalue weighted by Gasteiger charge is -2.23. The lowest BCUT2D eigenvalue weighted by molar-refractivity contribution is 0.0855. The average Bonchev–Trinajstić information content (AvgIpc) is 2.59. The molecule has 0 bridgehead atoms. The second-order valence-corrected chi connectivity index (χ2v) is 7.21. The Morgan fingerprint density at radius 3 is 2.67 bits per heavy atom. The van der Waals surface area contributed by atoms with Crippen LogP contribution in [0.2, 0.25) is 0 Å². The summed E-state index contributed by atoms with van der Waals surface area (Å²) in [5, 5.41) is 9.79. The van der Waals surface area contributed by atoms with Gasteiger partial charge in [0, 0.05) is 11.8 Å². The third kappa shape index (κ3) is 3.35. The van der Waals surface area contributed by atoms with Gasteiger partial charge in [-0.1, -0.05) is 12.2 Å². The van der Waals surface area contributed by atoms with Gasteiger partial charge in [-0.15, -0.1) is 0 Å². The Bertz CT molecular complexity index is 799. The number of ether oxygens (including phenoxy) is 1. The zero-order valence-electron chi connectivity index (χ0n) is 12.9. The average molecular weight is 453 g/mol. The van der Waals surface area contributed by atoms with E-state index >= 15 is 0 Å². The van der Waals surface area contributed by atoms with E-state index in [2.05, 4.69) is 44.0 Å². The van der Waals surface area contributed by atoms with Crippen molar-refractivity contribution in [3.8, 4) is 5.75 Å². The zero-order valence-corrected chi connectivity index (χ0v) is 16.1. The monoisotopic (exact) mass is 451 g/mol. The number of amides is 1. The molecule has 24 heavy (non-hydrogen) atoms. The Morgan fingerprint density at radius 1 is 1.29 bits per heavy atom. The maximum absolute atomic E-state index is 12.7. The van der Waals surface area contributed by atoms with E-state index in [1.807, 2.05) is 6.92 Å². The molecular weight excluding hydrogens is 438 g/mol. The summed E-state index contributed by atoms with van der Waals surface area (Å²) in [5.74, 6) is 0.540. The fourth-order valence-electron chi connectivity index (χ4n) is 2.59. The number of allylic oxidation sites excluding steroid dienone is 4. The van der Waals surface area contributed by atoms with Crippen LogP contribution in [0.1, 0.15) is 30.1 Å². The number of phenolic OH excluding ortho intramolecular Hbond substituents is 1. The Morgan fingerprint density at radius 2 is 2.00 bits per heavy atom. The minimum atomic E-state index is -0.210. The second kappa shape index (κ2) is 6.99. The molecule has 1 aromatic carbocycles. The molecule has 1 heterocycles. The highest BCUT2D eigenvalue weighted by Crippen LogP contribution is 2.34. The quantitative estimate of drug-likeness (QED) is 0.656. The minimum Gasteiger partial charge on any atom is -0.506 e. The highest BCUT2D eigenvalue weighted by Gasteiger charge is 2.21. The standard InChI is InChI=1S/C18H15Br2NO3/c1-11-4-2-3-5-13(11)16-10-21(6-7-24-16)18(23)12-8-14(19)17(22)15(20)9-12/h2,4,6-10,22H,3,5H2,1H3. The molecule has 1 N–H and O–H groups in total. The van der Waals surface area contributed by atoms with Crippen molar-refractivity contribution in [2.75, 3.05) is 0 Å². The normalized spacial score (nSPS) is 17.0. The van der Waals surface area contributed by atoms with Gasteiger partial charge in [0.2, 0.25) is 0 Å². The van der Waals surface area contributed by atoms with E-state index in [1.54, 1.807) is 24.5 Å². The maximum Gasteiger partial charge on any atom is 0.262 e. The smallest absolute Gasteiger partial charge is 0.262 e. The predicted octanol–water partition coefficient (Wildman–Crippen LogP) is 5.37. The molecule has 1 aliphatic carbocycles. The molecule has 0 aromatic heterocycles. The summed E-state index contributed by atoms with van der Waals surface area (Å²) in [4.78, 5) is 14.2. The first-order valence-corrected chi connectivity index (χ1v) is 8.98. The van der Waals surface area contributed by atoms with Crippen molar-refractivity contribution in [1.82, 2.24) is 4.90 Å². The van der Waals surface area contributed by atoms with Crippen LogP contribution in [0.4, 0.5) is 0 Å². The number of aromatic hydroxyl groups is 1. The fraction of sp³-hybridized carbons (Fsp3) is 0.167. The Hall–Kier alpha value is -1.79. The lowest BCUT2D eigenvalue weighted by Crippen LogP contribution is -2.23. The van der Waals surface area contributed by atoms with Crippen LogP contribution in [0, 0.1) is 0 Å². The van der Waals surface area contributed by atoms with Gasteiger partial charge in [0.1, 0.15) is 17.8 Å². The van der Waals surface area contributed by atoms with Crippen molar-refractivity contribution in [2.24, 2.45) is 0 Å². The van der Waals surface area contributed by atoms with E-state index in [1.165, 1.54) is 11.2 Å². The molecule has 1 aliphatic heterocycles. The predicted molar refractivity (Wildman–Crippen MR) is 99.1 cm³/mol. The number of halogens is 2. The zero-order chi connectivity index (χ0) is 17.3. The number of rotatable bonds is 2. The number of carbonyl (C=O) groups excluding carboxylic acids is 1. The van der Waals surface area contributed by atoms with Crippen molar-refractivity contribution in [1.29, 1.82) is 0 Å². The first kappa shape index (κ1) is 17.0. The number of nitrogens with zero attached hydrogens (tertiary/aromatic N) is 1. The van der Waals surface area contributed by atoms with Crippen LogP contribution in [0.3, 0.4) is 0 Å². The topological polar surface area (TPSA) is 49.8 Å². The van der Waals surface area contributed by atoms with Gasteiger partial charge in [-0.25, -0.2) is 0 Å². The molecule has 124 valence electrons. The van der Waals surface area contributed by atoms with Crippen LogP contribution < -0.4 is 0 Å². The van der Waals surface area contributed by atoms with Gasteiger partial charge >= 0.3 is 0 Å². The lowest BCUT2D eigenvalue weighted by atomic mass is 9.97. The molecule has 0 saturated heterocycles. The summed E-state index contributed by atoms with van der Waals surface area (Å²) >= 11 is 6.50. The van der Waals surface area contributed by atoms with Crippen LogP contribution in [0.5, 0.6) is 5.75 Å². The minimum absolute atomic E-state index is 0.0649. The Labute approximate surface area is 157 Å². The summed E-state index contributed by atoms with van der Waals surface area (Å²) in [5.41, 5.74) is 2.70. The van der Waals surface area contributed by atoms with Crippen LogP contribution >= 0.6 is 31.9 Å². The molecule has 2 aliphatic rings. The molecule has 0 spiro atoms. The number of phenols is 1. The van der Waals surface area contributed by atoms with Crippen LogP contribution in [-0.4, -0.2) is 15.9 Å². The number of hydrogen-bond acceptors (Lipinski definition) is 3. The molecule has 0 saturated carbocycles. The number of benzene rings is 1. The van der Waals surface area contributed by atoms with E-state index in [4.69, 9.17) is 4.74 Å². The summed E-state index contributed by atoms with van der Waals surface area (Å²) < 4.78 is 6.52. The van der Waals surface area contributed by atoms with E-state index in [0.717, 1.165) is 24.0 Å². The van der Waals surface area contributed by atoms with Gasteiger partial charge in [-0.2, -0.15) is 0 Å². The van der Waals surface area contributed by atoms with Crippen LogP contribution in [-0.2, 0) is 4.74 Å². The van der Waals surface area contributed by atoms with Crippen molar-refractivity contribution >= 4 is 37.8 Å². The molecule has 0 unspecified atom stereocenters.